The largest absolute Gasteiger partial charge is 0.493 e. The summed E-state index contributed by atoms with van der Waals surface area (Å²) in [5.74, 6) is 2.56. The van der Waals surface area contributed by atoms with E-state index in [1.165, 1.54) is 0 Å². The molecule has 0 spiro atoms. The molecule has 2 amide bonds. The van der Waals surface area contributed by atoms with E-state index in [1.807, 2.05) is 24.3 Å². The van der Waals surface area contributed by atoms with Crippen LogP contribution in [0.1, 0.15) is 28.1 Å². The maximum atomic E-state index is 13.7. The highest BCUT2D eigenvalue weighted by Gasteiger charge is 2.25. The molecule has 10 nitrogen and oxygen atoms in total. The Labute approximate surface area is 227 Å². The van der Waals surface area contributed by atoms with Crippen LogP contribution in [0.2, 0.25) is 0 Å². The second kappa shape index (κ2) is 13.6. The predicted molar refractivity (Wildman–Crippen MR) is 142 cm³/mol. The van der Waals surface area contributed by atoms with Gasteiger partial charge < -0.3 is 37.9 Å². The van der Waals surface area contributed by atoms with Crippen molar-refractivity contribution < 1.29 is 37.7 Å². The Balaban J connectivity index is 1.50. The van der Waals surface area contributed by atoms with Crippen LogP contribution in [-0.4, -0.2) is 76.0 Å². The lowest BCUT2D eigenvalue weighted by Gasteiger charge is -2.27. The predicted octanol–water partition coefficient (Wildman–Crippen LogP) is 3.78. The quantitative estimate of drug-likeness (QED) is 0.286. The number of rotatable bonds is 14. The van der Waals surface area contributed by atoms with Gasteiger partial charge in [0, 0.05) is 32.4 Å². The first-order valence-electron chi connectivity index (χ1n) is 12.7. The van der Waals surface area contributed by atoms with E-state index >= 15 is 0 Å². The van der Waals surface area contributed by atoms with Gasteiger partial charge in [-0.25, -0.2) is 0 Å². The molecule has 4 rings (SSSR count). The maximum Gasteiger partial charge on any atom is 0.254 e. The van der Waals surface area contributed by atoms with E-state index in [4.69, 9.17) is 28.1 Å². The first kappa shape index (κ1) is 27.8. The molecule has 3 aromatic rings. The number of methoxy groups -OCH3 is 3. The zero-order valence-electron chi connectivity index (χ0n) is 22.5. The number of benzene rings is 2. The number of nitrogens with zero attached hydrogens (tertiary/aromatic N) is 2. The number of furan rings is 1. The van der Waals surface area contributed by atoms with Crippen LogP contribution >= 0.6 is 0 Å². The van der Waals surface area contributed by atoms with Crippen LogP contribution in [0.5, 0.6) is 23.0 Å². The number of fused-ring (bicyclic) bond motifs is 1. The summed E-state index contributed by atoms with van der Waals surface area (Å²) in [6.45, 7) is 1.54. The van der Waals surface area contributed by atoms with Crippen LogP contribution < -0.4 is 18.9 Å². The number of ether oxygens (including phenoxy) is 5. The van der Waals surface area contributed by atoms with Crippen molar-refractivity contribution in [1.29, 1.82) is 0 Å². The monoisotopic (exact) mass is 538 g/mol. The minimum atomic E-state index is -0.268. The van der Waals surface area contributed by atoms with Crippen LogP contribution in [-0.2, 0) is 22.5 Å². The summed E-state index contributed by atoms with van der Waals surface area (Å²) in [4.78, 5) is 30.4. The van der Waals surface area contributed by atoms with Gasteiger partial charge in [-0.15, -0.1) is 0 Å². The molecule has 1 aliphatic rings. The van der Waals surface area contributed by atoms with Crippen LogP contribution in [0.3, 0.4) is 0 Å². The van der Waals surface area contributed by atoms with Gasteiger partial charge in [-0.1, -0.05) is 6.07 Å². The van der Waals surface area contributed by atoms with Gasteiger partial charge in [0.15, 0.2) is 23.0 Å². The van der Waals surface area contributed by atoms with Crippen molar-refractivity contribution in [3.63, 3.8) is 0 Å². The first-order valence-corrected chi connectivity index (χ1v) is 12.7. The van der Waals surface area contributed by atoms with Gasteiger partial charge in [-0.05, 0) is 60.9 Å². The van der Waals surface area contributed by atoms with E-state index in [2.05, 4.69) is 0 Å². The van der Waals surface area contributed by atoms with Gasteiger partial charge >= 0.3 is 0 Å². The third kappa shape index (κ3) is 7.23. The molecule has 0 saturated heterocycles. The van der Waals surface area contributed by atoms with Crippen LogP contribution in [0.15, 0.2) is 59.2 Å². The molecular weight excluding hydrogens is 504 g/mol. The first-order chi connectivity index (χ1) is 19.0. The van der Waals surface area contributed by atoms with Crippen molar-refractivity contribution >= 4 is 11.8 Å². The molecule has 0 saturated carbocycles. The van der Waals surface area contributed by atoms with Gasteiger partial charge in [0.05, 0.1) is 27.0 Å². The Bertz CT molecular complexity index is 1240. The zero-order valence-corrected chi connectivity index (χ0v) is 22.5. The highest BCUT2D eigenvalue weighted by molar-refractivity contribution is 5.97. The molecule has 1 aliphatic heterocycles. The van der Waals surface area contributed by atoms with Gasteiger partial charge in [0.2, 0.25) is 12.7 Å². The normalized spacial score (nSPS) is 11.8. The van der Waals surface area contributed by atoms with Gasteiger partial charge in [-0.3, -0.25) is 9.59 Å². The topological polar surface area (TPSA) is 99.9 Å². The molecule has 0 aliphatic carbocycles. The molecule has 0 N–H and O–H groups in total. The zero-order chi connectivity index (χ0) is 27.6. The van der Waals surface area contributed by atoms with E-state index in [1.54, 1.807) is 61.7 Å². The van der Waals surface area contributed by atoms with Crippen LogP contribution in [0.25, 0.3) is 0 Å². The summed E-state index contributed by atoms with van der Waals surface area (Å²) < 4.78 is 32.3. The van der Waals surface area contributed by atoms with E-state index in [-0.39, 0.29) is 31.7 Å². The molecule has 1 aromatic heterocycles. The van der Waals surface area contributed by atoms with Crippen molar-refractivity contribution in [2.75, 3.05) is 54.4 Å². The van der Waals surface area contributed by atoms with Crippen molar-refractivity contribution in [1.82, 2.24) is 9.80 Å². The summed E-state index contributed by atoms with van der Waals surface area (Å²) in [6, 6.07) is 14.3. The van der Waals surface area contributed by atoms with Crippen LogP contribution in [0, 0.1) is 0 Å². The SMILES string of the molecule is COCCCN(CC(=O)N(CCc1ccc(OC)c(OC)c1)Cc1ccco1)C(=O)c1ccc2c(c1)OCO2. The van der Waals surface area contributed by atoms with E-state index in [0.29, 0.717) is 66.9 Å². The fourth-order valence-corrected chi connectivity index (χ4v) is 4.31. The Morgan fingerprint density at radius 2 is 1.72 bits per heavy atom. The Morgan fingerprint density at radius 1 is 0.897 bits per heavy atom. The molecule has 0 radical (unpaired) electrons. The molecule has 208 valence electrons. The molecule has 0 unspecified atom stereocenters. The van der Waals surface area contributed by atoms with Crippen LogP contribution in [0.4, 0.5) is 0 Å². The number of carbonyl (C=O) groups excluding carboxylic acids is 2. The summed E-state index contributed by atoms with van der Waals surface area (Å²) in [6.07, 6.45) is 2.74. The summed E-state index contributed by atoms with van der Waals surface area (Å²) in [7, 11) is 4.78. The van der Waals surface area contributed by atoms with Crippen molar-refractivity contribution in [3.8, 4) is 23.0 Å². The smallest absolute Gasteiger partial charge is 0.254 e. The number of hydrogen-bond donors (Lipinski definition) is 0. The highest BCUT2D eigenvalue weighted by atomic mass is 16.7. The minimum Gasteiger partial charge on any atom is -0.493 e. The molecule has 0 fully saturated rings. The lowest BCUT2D eigenvalue weighted by Crippen LogP contribution is -2.44. The van der Waals surface area contributed by atoms with Gasteiger partial charge in [-0.2, -0.15) is 0 Å². The Morgan fingerprint density at radius 3 is 2.46 bits per heavy atom. The van der Waals surface area contributed by atoms with E-state index in [9.17, 15) is 9.59 Å². The van der Waals surface area contributed by atoms with E-state index < -0.39 is 0 Å². The summed E-state index contributed by atoms with van der Waals surface area (Å²) in [5.41, 5.74) is 1.41. The van der Waals surface area contributed by atoms with Crippen molar-refractivity contribution in [3.05, 3.63) is 71.7 Å². The maximum absolute atomic E-state index is 13.7. The molecule has 10 heteroatoms. The Kier molecular flexibility index (Phi) is 9.69. The molecule has 0 bridgehead atoms. The number of hydrogen-bond acceptors (Lipinski definition) is 8. The number of carbonyl (C=O) groups is 2. The Hall–Kier alpha value is -4.18. The molecule has 39 heavy (non-hydrogen) atoms. The third-order valence-electron chi connectivity index (χ3n) is 6.41. The van der Waals surface area contributed by atoms with E-state index in [0.717, 1.165) is 5.56 Å². The molecular formula is C29H34N2O8. The summed E-state index contributed by atoms with van der Waals surface area (Å²) >= 11 is 0. The fourth-order valence-electron chi connectivity index (χ4n) is 4.31. The lowest BCUT2D eigenvalue weighted by atomic mass is 10.1. The second-order valence-electron chi connectivity index (χ2n) is 8.98. The minimum absolute atomic E-state index is 0.0936. The average Bonchev–Trinajstić information content (AvgIpc) is 3.65. The standard InChI is InChI=1S/C29H34N2O8/c1-34-14-5-12-31(29(33)22-8-10-25-27(17-22)39-20-38-25)19-28(32)30(18-23-6-4-15-37-23)13-11-21-7-9-24(35-2)26(16-21)36-3/h4,6-10,15-17H,5,11-14,18-20H2,1-3H3. The number of amides is 2. The third-order valence-corrected chi connectivity index (χ3v) is 6.41. The highest BCUT2D eigenvalue weighted by Crippen LogP contribution is 2.33. The lowest BCUT2D eigenvalue weighted by molar-refractivity contribution is -0.132. The van der Waals surface area contributed by atoms with Gasteiger partial charge in [0.25, 0.3) is 5.91 Å². The fraction of sp³-hybridized carbons (Fsp3) is 0.379. The van der Waals surface area contributed by atoms with Crippen molar-refractivity contribution in [2.45, 2.75) is 19.4 Å². The molecule has 0 atom stereocenters. The molecule has 2 aromatic carbocycles. The van der Waals surface area contributed by atoms with Crippen molar-refractivity contribution in [2.24, 2.45) is 0 Å². The summed E-state index contributed by atoms with van der Waals surface area (Å²) in [5, 5.41) is 0. The van der Waals surface area contributed by atoms with Gasteiger partial charge in [0.1, 0.15) is 12.3 Å². The molecule has 2 heterocycles. The average molecular weight is 539 g/mol. The second-order valence-corrected chi connectivity index (χ2v) is 8.98.